The normalized spacial score (nSPS) is 10.7. The van der Waals surface area contributed by atoms with E-state index in [0.717, 1.165) is 27.5 Å². The molecule has 0 radical (unpaired) electrons. The van der Waals surface area contributed by atoms with E-state index in [-0.39, 0.29) is 18.3 Å². The van der Waals surface area contributed by atoms with Gasteiger partial charge in [0.25, 0.3) is 5.91 Å². The van der Waals surface area contributed by atoms with Gasteiger partial charge in [0.2, 0.25) is 0 Å². The van der Waals surface area contributed by atoms with Crippen molar-refractivity contribution in [1.82, 2.24) is 9.88 Å². The number of aryl methyl sites for hydroxylation is 1. The van der Waals surface area contributed by atoms with Gasteiger partial charge in [0, 0.05) is 18.7 Å². The second-order valence-corrected chi connectivity index (χ2v) is 7.42. The molecule has 1 amide bonds. The van der Waals surface area contributed by atoms with Gasteiger partial charge in [-0.25, -0.2) is 4.98 Å². The molecular weight excluding hydrogens is 382 g/mol. The number of thiazole rings is 1. The van der Waals surface area contributed by atoms with Gasteiger partial charge >= 0.3 is 0 Å². The van der Waals surface area contributed by atoms with Crippen LogP contribution >= 0.6 is 23.7 Å². The number of carbonyl (C=O) groups excluding carboxylic acids is 1. The van der Waals surface area contributed by atoms with Gasteiger partial charge in [-0.2, -0.15) is 0 Å². The molecule has 144 valence electrons. The first-order valence-electron chi connectivity index (χ1n) is 8.46. The molecule has 1 aromatic heterocycles. The summed E-state index contributed by atoms with van der Waals surface area (Å²) in [5.74, 6) is 0.603. The molecule has 0 aliphatic rings. The van der Waals surface area contributed by atoms with E-state index < -0.39 is 0 Å². The van der Waals surface area contributed by atoms with Crippen LogP contribution in [0.1, 0.15) is 15.9 Å². The van der Waals surface area contributed by atoms with Crippen LogP contribution in [0.2, 0.25) is 0 Å². The van der Waals surface area contributed by atoms with Gasteiger partial charge in [0.15, 0.2) is 5.13 Å². The topological polar surface area (TPSA) is 45.7 Å². The molecule has 0 unspecified atom stereocenters. The molecule has 7 heteroatoms. The van der Waals surface area contributed by atoms with E-state index in [1.54, 1.807) is 29.4 Å². The van der Waals surface area contributed by atoms with Gasteiger partial charge in [0.05, 0.1) is 17.3 Å². The van der Waals surface area contributed by atoms with Gasteiger partial charge in [-0.3, -0.25) is 9.69 Å². The van der Waals surface area contributed by atoms with Crippen molar-refractivity contribution in [3.63, 3.8) is 0 Å². The van der Waals surface area contributed by atoms with E-state index in [9.17, 15) is 4.79 Å². The van der Waals surface area contributed by atoms with E-state index >= 15 is 0 Å². The predicted octanol–water partition coefficient (Wildman–Crippen LogP) is 4.24. The Morgan fingerprint density at radius 3 is 2.56 bits per heavy atom. The average molecular weight is 406 g/mol. The highest BCUT2D eigenvalue weighted by Crippen LogP contribution is 2.31. The lowest BCUT2D eigenvalue weighted by Crippen LogP contribution is -2.36. The van der Waals surface area contributed by atoms with Crippen molar-refractivity contribution in [2.24, 2.45) is 0 Å². The summed E-state index contributed by atoms with van der Waals surface area (Å²) in [6.07, 6.45) is 0. The molecule has 0 atom stereocenters. The number of anilines is 1. The van der Waals surface area contributed by atoms with Gasteiger partial charge in [-0.1, -0.05) is 29.5 Å². The summed E-state index contributed by atoms with van der Waals surface area (Å²) in [6.45, 7) is 3.37. The molecule has 2 aromatic carbocycles. The number of halogens is 1. The standard InChI is InChI=1S/C20H23N3O2S.ClH/c1-14-7-5-10-17-18(14)21-20(26-17)23(12-11-22(2)3)19(24)15-8-6-9-16(13-15)25-4;/h5-10,13H,11-12H2,1-4H3;1H. The molecule has 0 bridgehead atoms. The Kier molecular flexibility index (Phi) is 7.18. The van der Waals surface area contributed by atoms with Crippen LogP contribution in [0.4, 0.5) is 5.13 Å². The first-order chi connectivity index (χ1) is 12.5. The van der Waals surface area contributed by atoms with E-state index in [4.69, 9.17) is 9.72 Å². The van der Waals surface area contributed by atoms with E-state index in [1.165, 1.54) is 0 Å². The first-order valence-corrected chi connectivity index (χ1v) is 9.28. The fourth-order valence-electron chi connectivity index (χ4n) is 2.69. The second kappa shape index (κ2) is 9.17. The smallest absolute Gasteiger partial charge is 0.260 e. The van der Waals surface area contributed by atoms with E-state index in [2.05, 4.69) is 4.90 Å². The van der Waals surface area contributed by atoms with Crippen LogP contribution in [-0.4, -0.2) is 50.1 Å². The lowest BCUT2D eigenvalue weighted by molar-refractivity contribution is 0.0985. The highest BCUT2D eigenvalue weighted by atomic mass is 35.5. The summed E-state index contributed by atoms with van der Waals surface area (Å²) in [7, 11) is 5.59. The number of benzene rings is 2. The summed E-state index contributed by atoms with van der Waals surface area (Å²) in [5, 5.41) is 0.726. The molecule has 27 heavy (non-hydrogen) atoms. The maximum Gasteiger partial charge on any atom is 0.260 e. The van der Waals surface area contributed by atoms with Gasteiger partial charge < -0.3 is 9.64 Å². The first kappa shape index (κ1) is 21.2. The lowest BCUT2D eigenvalue weighted by Gasteiger charge is -2.22. The molecular formula is C20H24ClN3O2S. The van der Waals surface area contributed by atoms with Crippen molar-refractivity contribution in [1.29, 1.82) is 0 Å². The Bertz CT molecular complexity index is 926. The quantitative estimate of drug-likeness (QED) is 0.615. The van der Waals surface area contributed by atoms with Crippen LogP contribution in [0, 0.1) is 6.92 Å². The molecule has 3 aromatic rings. The number of rotatable bonds is 6. The van der Waals surface area contributed by atoms with Gasteiger partial charge in [-0.05, 0) is 50.8 Å². The number of likely N-dealkylation sites (N-methyl/N-ethyl adjacent to an activating group) is 1. The molecule has 0 saturated carbocycles. The SMILES string of the molecule is COc1cccc(C(=O)N(CCN(C)C)c2nc3c(C)cccc3s2)c1.Cl. The number of nitrogens with zero attached hydrogens (tertiary/aromatic N) is 3. The Morgan fingerprint density at radius 1 is 1.15 bits per heavy atom. The molecule has 0 saturated heterocycles. The van der Waals surface area contributed by atoms with Crippen LogP contribution in [0.15, 0.2) is 42.5 Å². The molecule has 0 spiro atoms. The van der Waals surface area contributed by atoms with E-state index in [1.807, 2.05) is 57.4 Å². The van der Waals surface area contributed by atoms with Crippen LogP contribution in [0.25, 0.3) is 10.2 Å². The fourth-order valence-corrected chi connectivity index (χ4v) is 3.75. The molecule has 1 heterocycles. The van der Waals surface area contributed by atoms with E-state index in [0.29, 0.717) is 17.9 Å². The minimum absolute atomic E-state index is 0. The van der Waals surface area contributed by atoms with Crippen LogP contribution < -0.4 is 9.64 Å². The molecule has 5 nitrogen and oxygen atoms in total. The molecule has 0 aliphatic carbocycles. The number of hydrogen-bond acceptors (Lipinski definition) is 5. The summed E-state index contributed by atoms with van der Waals surface area (Å²) >= 11 is 1.55. The van der Waals surface area contributed by atoms with Gasteiger partial charge in [0.1, 0.15) is 5.75 Å². The van der Waals surface area contributed by atoms with Crippen LogP contribution in [0.3, 0.4) is 0 Å². The average Bonchev–Trinajstić information content (AvgIpc) is 3.07. The lowest BCUT2D eigenvalue weighted by atomic mass is 10.2. The minimum atomic E-state index is -0.0672. The number of amides is 1. The zero-order chi connectivity index (χ0) is 18.7. The van der Waals surface area contributed by atoms with Crippen LogP contribution in [-0.2, 0) is 0 Å². The molecule has 0 N–H and O–H groups in total. The van der Waals surface area contributed by atoms with Crippen molar-refractivity contribution in [3.8, 4) is 5.75 Å². The summed E-state index contributed by atoms with van der Waals surface area (Å²) in [5.41, 5.74) is 2.67. The zero-order valence-electron chi connectivity index (χ0n) is 15.9. The summed E-state index contributed by atoms with van der Waals surface area (Å²) < 4.78 is 6.35. The second-order valence-electron chi connectivity index (χ2n) is 6.41. The Balaban J connectivity index is 0.00000261. The monoisotopic (exact) mass is 405 g/mol. The third-order valence-electron chi connectivity index (χ3n) is 4.17. The molecule has 0 aliphatic heterocycles. The Morgan fingerprint density at radius 2 is 1.89 bits per heavy atom. The summed E-state index contributed by atoms with van der Waals surface area (Å²) in [6, 6.07) is 13.4. The van der Waals surface area contributed by atoms with Crippen molar-refractivity contribution in [2.75, 3.05) is 39.2 Å². The molecule has 3 rings (SSSR count). The number of methoxy groups -OCH3 is 1. The Hall–Kier alpha value is -2.15. The minimum Gasteiger partial charge on any atom is -0.497 e. The number of aromatic nitrogens is 1. The number of carbonyl (C=O) groups is 1. The number of hydrogen-bond donors (Lipinski definition) is 0. The maximum absolute atomic E-state index is 13.2. The summed E-state index contributed by atoms with van der Waals surface area (Å²) in [4.78, 5) is 21.8. The number of para-hydroxylation sites is 1. The predicted molar refractivity (Wildman–Crippen MR) is 115 cm³/mol. The van der Waals surface area contributed by atoms with Gasteiger partial charge in [-0.15, -0.1) is 12.4 Å². The molecule has 0 fully saturated rings. The fraction of sp³-hybridized carbons (Fsp3) is 0.300. The van der Waals surface area contributed by atoms with Crippen molar-refractivity contribution >= 4 is 45.0 Å². The number of fused-ring (bicyclic) bond motifs is 1. The highest BCUT2D eigenvalue weighted by molar-refractivity contribution is 7.22. The largest absolute Gasteiger partial charge is 0.497 e. The van der Waals surface area contributed by atoms with Crippen molar-refractivity contribution < 1.29 is 9.53 Å². The van der Waals surface area contributed by atoms with Crippen molar-refractivity contribution in [2.45, 2.75) is 6.92 Å². The maximum atomic E-state index is 13.2. The third-order valence-corrected chi connectivity index (χ3v) is 5.22. The van der Waals surface area contributed by atoms with Crippen molar-refractivity contribution in [3.05, 3.63) is 53.6 Å². The zero-order valence-corrected chi connectivity index (χ0v) is 17.6. The highest BCUT2D eigenvalue weighted by Gasteiger charge is 2.22. The Labute approximate surface area is 170 Å². The third kappa shape index (κ3) is 4.77. The van der Waals surface area contributed by atoms with Crippen LogP contribution in [0.5, 0.6) is 5.75 Å². The number of ether oxygens (including phenoxy) is 1.